The zero-order chi connectivity index (χ0) is 29.1. The van der Waals surface area contributed by atoms with Crippen molar-refractivity contribution in [3.05, 3.63) is 113 Å². The summed E-state index contributed by atoms with van der Waals surface area (Å²) in [7, 11) is 4.69. The zero-order valence-electron chi connectivity index (χ0n) is 22.8. The largest absolute Gasteiger partial charge is 0.497 e. The first-order chi connectivity index (χ1) is 19.9. The summed E-state index contributed by atoms with van der Waals surface area (Å²) >= 11 is 4.76. The SMILES string of the molecule is CCOC(=O)C1=C(c2ccccc2)N=c2s/c(=C\c3cc(Br)c(OC)c(OC)c3)c(=O)n2[C@H]1c1cccc(OC)c1. The molecule has 1 aliphatic heterocycles. The fourth-order valence-electron chi connectivity index (χ4n) is 4.74. The Morgan fingerprint density at radius 1 is 1.02 bits per heavy atom. The van der Waals surface area contributed by atoms with Crippen LogP contribution in [0.4, 0.5) is 0 Å². The Bertz CT molecular complexity index is 1830. The number of benzene rings is 3. The number of hydrogen-bond acceptors (Lipinski definition) is 8. The summed E-state index contributed by atoms with van der Waals surface area (Å²) in [5, 5.41) is 0. The lowest BCUT2D eigenvalue weighted by atomic mass is 9.93. The summed E-state index contributed by atoms with van der Waals surface area (Å²) in [6, 6.07) is 19.6. The van der Waals surface area contributed by atoms with Gasteiger partial charge < -0.3 is 18.9 Å². The first-order valence-corrected chi connectivity index (χ1v) is 14.3. The van der Waals surface area contributed by atoms with Crippen LogP contribution in [-0.2, 0) is 9.53 Å². The van der Waals surface area contributed by atoms with Gasteiger partial charge in [0.2, 0.25) is 0 Å². The van der Waals surface area contributed by atoms with Crippen LogP contribution in [0.5, 0.6) is 17.2 Å². The fourth-order valence-corrected chi connectivity index (χ4v) is 6.36. The van der Waals surface area contributed by atoms with Crippen molar-refractivity contribution < 1.29 is 23.7 Å². The third-order valence-electron chi connectivity index (χ3n) is 6.54. The number of rotatable bonds is 8. The van der Waals surface area contributed by atoms with Crippen molar-refractivity contribution in [2.24, 2.45) is 4.99 Å². The van der Waals surface area contributed by atoms with Gasteiger partial charge in [0.05, 0.1) is 54.3 Å². The third kappa shape index (κ3) is 5.45. The summed E-state index contributed by atoms with van der Waals surface area (Å²) in [6.07, 6.45) is 1.77. The van der Waals surface area contributed by atoms with Crippen LogP contribution in [0.15, 0.2) is 86.6 Å². The second-order valence-electron chi connectivity index (χ2n) is 8.95. The molecule has 210 valence electrons. The van der Waals surface area contributed by atoms with E-state index in [-0.39, 0.29) is 17.7 Å². The Balaban J connectivity index is 1.82. The molecule has 0 bridgehead atoms. The van der Waals surface area contributed by atoms with Crippen LogP contribution in [0, 0.1) is 0 Å². The molecular weight excluding hydrogens is 608 g/mol. The zero-order valence-corrected chi connectivity index (χ0v) is 25.2. The highest BCUT2D eigenvalue weighted by molar-refractivity contribution is 9.10. The average molecular weight is 636 g/mol. The van der Waals surface area contributed by atoms with Gasteiger partial charge in [0.1, 0.15) is 5.75 Å². The highest BCUT2D eigenvalue weighted by atomic mass is 79.9. The molecule has 8 nitrogen and oxygen atoms in total. The van der Waals surface area contributed by atoms with E-state index in [0.717, 1.165) is 11.1 Å². The van der Waals surface area contributed by atoms with Gasteiger partial charge in [-0.15, -0.1) is 0 Å². The van der Waals surface area contributed by atoms with Gasteiger partial charge in [-0.2, -0.15) is 0 Å². The number of methoxy groups -OCH3 is 3. The molecule has 0 saturated carbocycles. The van der Waals surface area contributed by atoms with Crippen molar-refractivity contribution in [2.45, 2.75) is 13.0 Å². The number of halogens is 1. The van der Waals surface area contributed by atoms with E-state index >= 15 is 0 Å². The van der Waals surface area contributed by atoms with E-state index in [2.05, 4.69) is 15.9 Å². The standard InChI is InChI=1S/C31H27BrN2O6S/c1-5-40-30(36)25-26(19-10-7-6-8-11-19)33-31-34(27(25)20-12-9-13-21(17-20)37-2)29(35)24(41-31)16-18-14-22(32)28(39-4)23(15-18)38-3/h6-17,27H,5H2,1-4H3/b24-16-/t27-/m0/s1. The summed E-state index contributed by atoms with van der Waals surface area (Å²) in [5.74, 6) is 1.13. The van der Waals surface area contributed by atoms with E-state index in [1.54, 1.807) is 45.0 Å². The second kappa shape index (κ2) is 12.2. The normalized spacial score (nSPS) is 14.8. The van der Waals surface area contributed by atoms with Gasteiger partial charge in [-0.3, -0.25) is 9.36 Å². The van der Waals surface area contributed by atoms with Gasteiger partial charge in [0.15, 0.2) is 16.3 Å². The first kappa shape index (κ1) is 28.4. The van der Waals surface area contributed by atoms with Gasteiger partial charge in [0, 0.05) is 5.56 Å². The minimum atomic E-state index is -0.796. The van der Waals surface area contributed by atoms with Crippen molar-refractivity contribution in [1.82, 2.24) is 4.57 Å². The predicted molar refractivity (Wildman–Crippen MR) is 161 cm³/mol. The quantitative estimate of drug-likeness (QED) is 0.261. The smallest absolute Gasteiger partial charge is 0.338 e. The van der Waals surface area contributed by atoms with E-state index in [1.807, 2.05) is 60.7 Å². The lowest BCUT2D eigenvalue weighted by Gasteiger charge is -2.26. The molecular formula is C31H27BrN2O6S. The van der Waals surface area contributed by atoms with E-state index in [0.29, 0.717) is 42.3 Å². The summed E-state index contributed by atoms with van der Waals surface area (Å²) in [6.45, 7) is 1.92. The minimum Gasteiger partial charge on any atom is -0.497 e. The molecule has 1 aromatic heterocycles. The summed E-state index contributed by atoms with van der Waals surface area (Å²) in [4.78, 5) is 33.0. The number of carbonyl (C=O) groups excluding carboxylic acids is 1. The molecule has 5 rings (SSSR count). The van der Waals surface area contributed by atoms with Crippen LogP contribution >= 0.6 is 27.3 Å². The molecule has 0 fully saturated rings. The van der Waals surface area contributed by atoms with E-state index in [4.69, 9.17) is 23.9 Å². The van der Waals surface area contributed by atoms with Gasteiger partial charge >= 0.3 is 5.97 Å². The molecule has 4 aromatic rings. The molecule has 0 saturated heterocycles. The Morgan fingerprint density at radius 3 is 2.49 bits per heavy atom. The van der Waals surface area contributed by atoms with Gasteiger partial charge in [0.25, 0.3) is 5.56 Å². The number of nitrogens with zero attached hydrogens (tertiary/aromatic N) is 2. The molecule has 1 atom stereocenters. The van der Waals surface area contributed by atoms with Crippen molar-refractivity contribution in [3.8, 4) is 17.2 Å². The van der Waals surface area contributed by atoms with Crippen molar-refractivity contribution >= 4 is 45.0 Å². The molecule has 0 N–H and O–H groups in total. The van der Waals surface area contributed by atoms with Gasteiger partial charge in [-0.05, 0) is 64.3 Å². The molecule has 2 heterocycles. The Labute approximate surface area is 248 Å². The number of esters is 1. The van der Waals surface area contributed by atoms with Crippen LogP contribution in [0.1, 0.15) is 29.7 Å². The molecule has 3 aromatic carbocycles. The number of carbonyl (C=O) groups is 1. The van der Waals surface area contributed by atoms with Crippen LogP contribution in [-0.4, -0.2) is 38.5 Å². The van der Waals surface area contributed by atoms with Gasteiger partial charge in [-0.25, -0.2) is 9.79 Å². The molecule has 0 spiro atoms. The maximum Gasteiger partial charge on any atom is 0.338 e. The summed E-state index contributed by atoms with van der Waals surface area (Å²) in [5.41, 5.74) is 2.60. The number of fused-ring (bicyclic) bond motifs is 1. The van der Waals surface area contributed by atoms with Crippen LogP contribution in [0.25, 0.3) is 11.8 Å². The average Bonchev–Trinajstić information content (AvgIpc) is 3.30. The lowest BCUT2D eigenvalue weighted by Crippen LogP contribution is -2.40. The second-order valence-corrected chi connectivity index (χ2v) is 10.8. The van der Waals surface area contributed by atoms with Crippen molar-refractivity contribution in [2.75, 3.05) is 27.9 Å². The third-order valence-corrected chi connectivity index (χ3v) is 8.11. The van der Waals surface area contributed by atoms with Crippen molar-refractivity contribution in [1.29, 1.82) is 0 Å². The Hall–Kier alpha value is -4.15. The maximum absolute atomic E-state index is 14.1. The number of ether oxygens (including phenoxy) is 4. The monoisotopic (exact) mass is 634 g/mol. The maximum atomic E-state index is 14.1. The van der Waals surface area contributed by atoms with E-state index in [1.165, 1.54) is 11.3 Å². The number of thiazole rings is 1. The molecule has 1 aliphatic rings. The highest BCUT2D eigenvalue weighted by Crippen LogP contribution is 2.37. The Kier molecular flexibility index (Phi) is 8.41. The van der Waals surface area contributed by atoms with E-state index < -0.39 is 12.0 Å². The molecule has 0 unspecified atom stereocenters. The molecule has 0 amide bonds. The fraction of sp³-hybridized carbons (Fsp3) is 0.194. The summed E-state index contributed by atoms with van der Waals surface area (Å²) < 4.78 is 24.6. The van der Waals surface area contributed by atoms with E-state index in [9.17, 15) is 9.59 Å². The highest BCUT2D eigenvalue weighted by Gasteiger charge is 2.35. The molecule has 41 heavy (non-hydrogen) atoms. The Morgan fingerprint density at radius 2 is 1.80 bits per heavy atom. The molecule has 10 heteroatoms. The first-order valence-electron chi connectivity index (χ1n) is 12.7. The lowest BCUT2D eigenvalue weighted by molar-refractivity contribution is -0.138. The minimum absolute atomic E-state index is 0.174. The van der Waals surface area contributed by atoms with Gasteiger partial charge in [-0.1, -0.05) is 53.8 Å². The number of hydrogen-bond donors (Lipinski definition) is 0. The van der Waals surface area contributed by atoms with Crippen LogP contribution in [0.2, 0.25) is 0 Å². The molecule has 0 aliphatic carbocycles. The van der Waals surface area contributed by atoms with Crippen LogP contribution in [0.3, 0.4) is 0 Å². The van der Waals surface area contributed by atoms with Crippen molar-refractivity contribution in [3.63, 3.8) is 0 Å². The van der Waals surface area contributed by atoms with Crippen LogP contribution < -0.4 is 29.1 Å². The molecule has 0 radical (unpaired) electrons. The topological polar surface area (TPSA) is 88.4 Å². The number of aromatic nitrogens is 1. The predicted octanol–water partition coefficient (Wildman–Crippen LogP) is 4.72.